The molecular formula is C17H18N2O3. The molecule has 5 heteroatoms. The minimum atomic E-state index is -0.863. The fourth-order valence-electron chi connectivity index (χ4n) is 2.72. The Morgan fingerprint density at radius 3 is 2.91 bits per heavy atom. The molecule has 0 fully saturated rings. The number of benzene rings is 1. The predicted octanol–water partition coefficient (Wildman–Crippen LogP) is 2.41. The first-order valence-electron chi connectivity index (χ1n) is 7.25. The third-order valence-corrected chi connectivity index (χ3v) is 3.81. The summed E-state index contributed by atoms with van der Waals surface area (Å²) in [6.07, 6.45) is 1.80. The molecule has 0 radical (unpaired) electrons. The van der Waals surface area contributed by atoms with Gasteiger partial charge in [0.25, 0.3) is 0 Å². The molecule has 0 saturated heterocycles. The van der Waals surface area contributed by atoms with Crippen molar-refractivity contribution in [2.24, 2.45) is 0 Å². The summed E-state index contributed by atoms with van der Waals surface area (Å²) < 4.78 is 5.70. The number of hydrogen-bond donors (Lipinski definition) is 1. The van der Waals surface area contributed by atoms with Crippen LogP contribution in [0.15, 0.2) is 42.6 Å². The minimum Gasteiger partial charge on any atom is -0.492 e. The molecule has 0 saturated carbocycles. The molecule has 3 rings (SSSR count). The molecule has 22 heavy (non-hydrogen) atoms. The van der Waals surface area contributed by atoms with Crippen LogP contribution in [0.4, 0.5) is 0 Å². The van der Waals surface area contributed by atoms with Crippen LogP contribution in [0.2, 0.25) is 0 Å². The normalized spacial score (nSPS) is 18.1. The Morgan fingerprint density at radius 1 is 1.36 bits per heavy atom. The number of ether oxygens (including phenoxy) is 1. The van der Waals surface area contributed by atoms with Gasteiger partial charge >= 0.3 is 5.97 Å². The van der Waals surface area contributed by atoms with E-state index in [0.29, 0.717) is 31.0 Å². The number of nitrogens with zero attached hydrogens (tertiary/aromatic N) is 2. The van der Waals surface area contributed by atoms with E-state index in [-0.39, 0.29) is 0 Å². The summed E-state index contributed by atoms with van der Waals surface area (Å²) >= 11 is 0. The second-order valence-electron chi connectivity index (χ2n) is 5.41. The van der Waals surface area contributed by atoms with E-state index < -0.39 is 12.0 Å². The van der Waals surface area contributed by atoms with Crippen LogP contribution in [0.25, 0.3) is 0 Å². The Labute approximate surface area is 129 Å². The van der Waals surface area contributed by atoms with Gasteiger partial charge in [0.15, 0.2) is 0 Å². The van der Waals surface area contributed by atoms with E-state index in [4.69, 9.17) is 4.74 Å². The molecule has 0 spiro atoms. The number of para-hydroxylation sites is 1. The first-order chi connectivity index (χ1) is 10.6. The summed E-state index contributed by atoms with van der Waals surface area (Å²) in [5.41, 5.74) is 2.65. The smallest absolute Gasteiger partial charge is 0.325 e. The summed E-state index contributed by atoms with van der Waals surface area (Å²) in [5.74, 6) is -0.211. The average molecular weight is 298 g/mol. The number of aryl methyl sites for hydroxylation is 1. The van der Waals surface area contributed by atoms with Gasteiger partial charge in [-0.3, -0.25) is 14.7 Å². The molecule has 2 heterocycles. The third-order valence-electron chi connectivity index (χ3n) is 3.81. The lowest BCUT2D eigenvalue weighted by Gasteiger charge is -2.26. The number of hydrogen-bond acceptors (Lipinski definition) is 4. The van der Waals surface area contributed by atoms with Crippen molar-refractivity contribution in [3.8, 4) is 5.75 Å². The number of pyridine rings is 1. The number of carbonyl (C=O) groups is 1. The van der Waals surface area contributed by atoms with Gasteiger partial charge in [-0.1, -0.05) is 24.3 Å². The maximum Gasteiger partial charge on any atom is 0.325 e. The molecule has 1 aliphatic rings. The van der Waals surface area contributed by atoms with Crippen LogP contribution >= 0.6 is 0 Å². The number of aliphatic carboxylic acids is 1. The number of carboxylic acid groups (broad SMARTS) is 1. The van der Waals surface area contributed by atoms with Crippen molar-refractivity contribution in [1.82, 2.24) is 9.88 Å². The molecule has 1 aliphatic heterocycles. The monoisotopic (exact) mass is 298 g/mol. The Hall–Kier alpha value is -2.40. The Morgan fingerprint density at radius 2 is 2.18 bits per heavy atom. The molecule has 0 bridgehead atoms. The van der Waals surface area contributed by atoms with Crippen molar-refractivity contribution in [1.29, 1.82) is 0 Å². The largest absolute Gasteiger partial charge is 0.492 e. The molecule has 1 N–H and O–H groups in total. The van der Waals surface area contributed by atoms with Crippen molar-refractivity contribution in [2.45, 2.75) is 19.5 Å². The molecule has 114 valence electrons. The van der Waals surface area contributed by atoms with Gasteiger partial charge in [0.1, 0.15) is 18.4 Å². The van der Waals surface area contributed by atoms with E-state index in [0.717, 1.165) is 11.3 Å². The zero-order valence-electron chi connectivity index (χ0n) is 12.4. The van der Waals surface area contributed by atoms with Gasteiger partial charge < -0.3 is 9.84 Å². The molecular weight excluding hydrogens is 280 g/mol. The van der Waals surface area contributed by atoms with Gasteiger partial charge in [0, 0.05) is 30.5 Å². The third kappa shape index (κ3) is 2.94. The average Bonchev–Trinajstić information content (AvgIpc) is 2.68. The lowest BCUT2D eigenvalue weighted by molar-refractivity contribution is -0.143. The molecule has 5 nitrogen and oxygen atoms in total. The SMILES string of the molecule is Cc1ccc(CN2CCOc3ccccc3C2C(=O)O)cn1. The van der Waals surface area contributed by atoms with Crippen molar-refractivity contribution < 1.29 is 14.6 Å². The van der Waals surface area contributed by atoms with Crippen molar-refractivity contribution in [2.75, 3.05) is 13.2 Å². The molecule has 1 unspecified atom stereocenters. The van der Waals surface area contributed by atoms with E-state index >= 15 is 0 Å². The number of carboxylic acids is 1. The first kappa shape index (κ1) is 14.5. The predicted molar refractivity (Wildman–Crippen MR) is 81.7 cm³/mol. The fraction of sp³-hybridized carbons (Fsp3) is 0.294. The minimum absolute atomic E-state index is 0.472. The summed E-state index contributed by atoms with van der Waals surface area (Å²) in [7, 11) is 0. The molecule has 1 aromatic heterocycles. The summed E-state index contributed by atoms with van der Waals surface area (Å²) in [6, 6.07) is 10.6. The highest BCUT2D eigenvalue weighted by Gasteiger charge is 2.32. The zero-order chi connectivity index (χ0) is 15.5. The van der Waals surface area contributed by atoms with Gasteiger partial charge in [-0.15, -0.1) is 0 Å². The number of fused-ring (bicyclic) bond motifs is 1. The van der Waals surface area contributed by atoms with Crippen molar-refractivity contribution in [3.63, 3.8) is 0 Å². The topological polar surface area (TPSA) is 62.7 Å². The Bertz CT molecular complexity index is 670. The second-order valence-corrected chi connectivity index (χ2v) is 5.41. The highest BCUT2D eigenvalue weighted by molar-refractivity contribution is 5.77. The summed E-state index contributed by atoms with van der Waals surface area (Å²) in [4.78, 5) is 18.0. The van der Waals surface area contributed by atoms with E-state index in [1.54, 1.807) is 6.20 Å². The maximum atomic E-state index is 11.8. The Kier molecular flexibility index (Phi) is 4.06. The molecule has 0 aliphatic carbocycles. The molecule has 1 aromatic carbocycles. The van der Waals surface area contributed by atoms with E-state index in [2.05, 4.69) is 4.98 Å². The van der Waals surface area contributed by atoms with Crippen LogP contribution in [0, 0.1) is 6.92 Å². The van der Waals surface area contributed by atoms with Crippen LogP contribution in [0.3, 0.4) is 0 Å². The van der Waals surface area contributed by atoms with Gasteiger partial charge in [-0.2, -0.15) is 0 Å². The van der Waals surface area contributed by atoms with Gasteiger partial charge in [-0.25, -0.2) is 0 Å². The number of aromatic nitrogens is 1. The maximum absolute atomic E-state index is 11.8. The lowest BCUT2D eigenvalue weighted by Crippen LogP contribution is -2.34. The molecule has 2 aromatic rings. The highest BCUT2D eigenvalue weighted by atomic mass is 16.5. The van der Waals surface area contributed by atoms with Crippen LogP contribution in [0.5, 0.6) is 5.75 Å². The summed E-state index contributed by atoms with van der Waals surface area (Å²) in [6.45, 7) is 3.49. The van der Waals surface area contributed by atoms with Crippen LogP contribution < -0.4 is 4.74 Å². The van der Waals surface area contributed by atoms with E-state index in [1.165, 1.54) is 0 Å². The van der Waals surface area contributed by atoms with Gasteiger partial charge in [0.05, 0.1) is 0 Å². The lowest BCUT2D eigenvalue weighted by atomic mass is 10.0. The summed E-state index contributed by atoms with van der Waals surface area (Å²) in [5, 5.41) is 9.69. The molecule has 0 amide bonds. The van der Waals surface area contributed by atoms with Crippen LogP contribution in [-0.2, 0) is 11.3 Å². The van der Waals surface area contributed by atoms with Gasteiger partial charge in [0.2, 0.25) is 0 Å². The van der Waals surface area contributed by atoms with Crippen molar-refractivity contribution >= 4 is 5.97 Å². The number of rotatable bonds is 3. The van der Waals surface area contributed by atoms with Crippen LogP contribution in [0.1, 0.15) is 22.9 Å². The first-order valence-corrected chi connectivity index (χ1v) is 7.25. The standard InChI is InChI=1S/C17H18N2O3/c1-12-6-7-13(10-18-12)11-19-8-9-22-15-5-3-2-4-14(15)16(19)17(20)21/h2-7,10,16H,8-9,11H2,1H3,(H,20,21). The quantitative estimate of drug-likeness (QED) is 0.943. The van der Waals surface area contributed by atoms with Crippen molar-refractivity contribution in [3.05, 3.63) is 59.4 Å². The van der Waals surface area contributed by atoms with Gasteiger partial charge in [-0.05, 0) is 24.6 Å². The second kappa shape index (κ2) is 6.15. The zero-order valence-corrected chi connectivity index (χ0v) is 12.4. The van der Waals surface area contributed by atoms with E-state index in [9.17, 15) is 9.90 Å². The fourth-order valence-corrected chi connectivity index (χ4v) is 2.72. The molecule has 1 atom stereocenters. The highest BCUT2D eigenvalue weighted by Crippen LogP contribution is 2.32. The van der Waals surface area contributed by atoms with Crippen LogP contribution in [-0.4, -0.2) is 34.1 Å². The van der Waals surface area contributed by atoms with E-state index in [1.807, 2.05) is 48.2 Å². The Balaban J connectivity index is 1.92.